The Morgan fingerprint density at radius 2 is 2.16 bits per heavy atom. The largest absolute Gasteiger partial charge is 0.481 e. The molecule has 3 rings (SSSR count). The summed E-state index contributed by atoms with van der Waals surface area (Å²) in [6.07, 6.45) is 4.34. The summed E-state index contributed by atoms with van der Waals surface area (Å²) < 4.78 is 7.43. The van der Waals surface area contributed by atoms with Gasteiger partial charge in [-0.1, -0.05) is 31.2 Å². The number of aliphatic hydroxyl groups is 1. The molecular weight excluding hydrogens is 314 g/mol. The van der Waals surface area contributed by atoms with E-state index in [-0.39, 0.29) is 6.61 Å². The minimum absolute atomic E-state index is 0.155. The molecule has 0 fully saturated rings. The van der Waals surface area contributed by atoms with Crippen molar-refractivity contribution in [2.45, 2.75) is 45.2 Å². The van der Waals surface area contributed by atoms with Crippen molar-refractivity contribution in [3.8, 4) is 5.88 Å². The molecule has 0 saturated carbocycles. The van der Waals surface area contributed by atoms with Gasteiger partial charge in [-0.25, -0.2) is 4.68 Å². The van der Waals surface area contributed by atoms with Crippen molar-refractivity contribution < 1.29 is 9.84 Å². The summed E-state index contributed by atoms with van der Waals surface area (Å²) in [5.74, 6) is 0.823. The van der Waals surface area contributed by atoms with E-state index in [4.69, 9.17) is 4.74 Å². The van der Waals surface area contributed by atoms with Gasteiger partial charge in [0.1, 0.15) is 0 Å². The molecule has 0 saturated heterocycles. The quantitative estimate of drug-likeness (QED) is 0.840. The highest BCUT2D eigenvalue weighted by atomic mass is 16.5. The molecule has 1 unspecified atom stereocenters. The van der Waals surface area contributed by atoms with Gasteiger partial charge in [-0.05, 0) is 36.8 Å². The summed E-state index contributed by atoms with van der Waals surface area (Å²) in [5, 5.41) is 14.3. The molecule has 1 heterocycles. The number of methoxy groups -OCH3 is 1. The number of hydrogen-bond donors (Lipinski definition) is 1. The lowest BCUT2D eigenvalue weighted by molar-refractivity contribution is 0.130. The molecule has 25 heavy (non-hydrogen) atoms. The van der Waals surface area contributed by atoms with E-state index >= 15 is 0 Å². The lowest BCUT2D eigenvalue weighted by atomic mass is 9.86. The molecule has 5 heteroatoms. The van der Waals surface area contributed by atoms with Crippen molar-refractivity contribution in [1.29, 1.82) is 0 Å². The number of aliphatic hydroxyl groups excluding tert-OH is 1. The first-order valence-electron chi connectivity index (χ1n) is 9.21. The third-order valence-electron chi connectivity index (χ3n) is 5.23. The average Bonchev–Trinajstić information content (AvgIpc) is 2.95. The zero-order valence-electron chi connectivity index (χ0n) is 15.5. The summed E-state index contributed by atoms with van der Waals surface area (Å²) in [7, 11) is 3.63. The van der Waals surface area contributed by atoms with Gasteiger partial charge < -0.3 is 9.84 Å². The smallest absolute Gasteiger partial charge is 0.216 e. The number of aromatic nitrogens is 2. The number of aryl methyl sites for hydroxylation is 3. The number of fused-ring (bicyclic) bond motifs is 1. The first-order valence-corrected chi connectivity index (χ1v) is 9.21. The van der Waals surface area contributed by atoms with Crippen molar-refractivity contribution in [3.63, 3.8) is 0 Å². The van der Waals surface area contributed by atoms with E-state index in [1.54, 1.807) is 7.11 Å². The van der Waals surface area contributed by atoms with Crippen LogP contribution in [0.15, 0.2) is 24.3 Å². The normalized spacial score (nSPS) is 16.9. The molecule has 136 valence electrons. The molecule has 1 aliphatic carbocycles. The monoisotopic (exact) mass is 343 g/mol. The number of ether oxygens (including phenoxy) is 1. The van der Waals surface area contributed by atoms with Crippen LogP contribution < -0.4 is 4.74 Å². The summed E-state index contributed by atoms with van der Waals surface area (Å²) >= 11 is 0. The third kappa shape index (κ3) is 3.58. The fourth-order valence-electron chi connectivity index (χ4n) is 4.09. The first kappa shape index (κ1) is 18.0. The average molecular weight is 343 g/mol. The minimum atomic E-state index is 0.155. The van der Waals surface area contributed by atoms with Crippen molar-refractivity contribution in [2.24, 2.45) is 7.05 Å². The molecule has 0 bridgehead atoms. The second-order valence-corrected chi connectivity index (χ2v) is 6.71. The maximum atomic E-state index is 9.66. The van der Waals surface area contributed by atoms with Gasteiger partial charge in [0.2, 0.25) is 5.88 Å². The van der Waals surface area contributed by atoms with Crippen LogP contribution in [0.4, 0.5) is 0 Å². The van der Waals surface area contributed by atoms with E-state index in [0.717, 1.165) is 42.9 Å². The van der Waals surface area contributed by atoms with Gasteiger partial charge in [0, 0.05) is 26.2 Å². The Bertz CT molecular complexity index is 711. The Morgan fingerprint density at radius 1 is 1.36 bits per heavy atom. The van der Waals surface area contributed by atoms with Crippen LogP contribution in [-0.2, 0) is 26.4 Å². The molecule has 0 amide bonds. The van der Waals surface area contributed by atoms with Crippen LogP contribution in [0, 0.1) is 0 Å². The lowest BCUT2D eigenvalue weighted by Crippen LogP contribution is -2.33. The molecule has 0 aliphatic heterocycles. The molecule has 1 N–H and O–H groups in total. The first-order chi connectivity index (χ1) is 12.2. The number of benzene rings is 1. The van der Waals surface area contributed by atoms with E-state index in [1.165, 1.54) is 17.5 Å². The van der Waals surface area contributed by atoms with Gasteiger partial charge in [0.05, 0.1) is 25.0 Å². The Kier molecular flexibility index (Phi) is 5.76. The molecule has 2 aromatic rings. The fraction of sp³-hybridized carbons (Fsp3) is 0.550. The van der Waals surface area contributed by atoms with E-state index < -0.39 is 0 Å². The Hall–Kier alpha value is -1.85. The van der Waals surface area contributed by atoms with Crippen molar-refractivity contribution in [2.75, 3.05) is 20.3 Å². The zero-order chi connectivity index (χ0) is 17.8. The van der Waals surface area contributed by atoms with Gasteiger partial charge in [-0.15, -0.1) is 0 Å². The van der Waals surface area contributed by atoms with Gasteiger partial charge in [-0.2, -0.15) is 5.10 Å². The van der Waals surface area contributed by atoms with Gasteiger partial charge in [0.25, 0.3) is 0 Å². The molecule has 1 aromatic carbocycles. The third-order valence-corrected chi connectivity index (χ3v) is 5.23. The summed E-state index contributed by atoms with van der Waals surface area (Å²) in [6, 6.07) is 9.06. The molecule has 1 aromatic heterocycles. The van der Waals surface area contributed by atoms with Crippen molar-refractivity contribution >= 4 is 0 Å². The molecular formula is C20H29N3O2. The van der Waals surface area contributed by atoms with Crippen LogP contribution in [-0.4, -0.2) is 40.0 Å². The maximum absolute atomic E-state index is 9.66. The summed E-state index contributed by atoms with van der Waals surface area (Å²) in [6.45, 7) is 3.68. The van der Waals surface area contributed by atoms with Crippen LogP contribution in [0.25, 0.3) is 0 Å². The summed E-state index contributed by atoms with van der Waals surface area (Å²) in [5.41, 5.74) is 5.06. The number of hydrogen-bond acceptors (Lipinski definition) is 4. The van der Waals surface area contributed by atoms with Crippen molar-refractivity contribution in [3.05, 3.63) is 46.6 Å². The van der Waals surface area contributed by atoms with Crippen LogP contribution in [0.2, 0.25) is 0 Å². The minimum Gasteiger partial charge on any atom is -0.481 e. The maximum Gasteiger partial charge on any atom is 0.216 e. The predicted octanol–water partition coefficient (Wildman–Crippen LogP) is 2.86. The Balaban J connectivity index is 1.94. The summed E-state index contributed by atoms with van der Waals surface area (Å²) in [4.78, 5) is 2.39. The standard InChI is InChI=1S/C20H29N3O2/c1-4-18-17(20(25-3)22(2)21-18)14-23(12-13-24)19-11-7-9-15-8-5-6-10-16(15)19/h5-6,8,10,19,24H,4,7,9,11-14H2,1-3H3. The highest BCUT2D eigenvalue weighted by Crippen LogP contribution is 2.36. The second-order valence-electron chi connectivity index (χ2n) is 6.71. The molecule has 1 aliphatic rings. The number of nitrogens with zero attached hydrogens (tertiary/aromatic N) is 3. The number of rotatable bonds is 7. The van der Waals surface area contributed by atoms with E-state index in [1.807, 2.05) is 11.7 Å². The fourth-order valence-corrected chi connectivity index (χ4v) is 4.09. The van der Waals surface area contributed by atoms with Crippen LogP contribution in [0.3, 0.4) is 0 Å². The Labute approximate surface area is 150 Å². The molecule has 0 radical (unpaired) electrons. The topological polar surface area (TPSA) is 50.5 Å². The van der Waals surface area contributed by atoms with Crippen molar-refractivity contribution in [1.82, 2.24) is 14.7 Å². The van der Waals surface area contributed by atoms with Crippen LogP contribution in [0.1, 0.15) is 48.2 Å². The predicted molar refractivity (Wildman–Crippen MR) is 98.8 cm³/mol. The van der Waals surface area contributed by atoms with Gasteiger partial charge >= 0.3 is 0 Å². The molecule has 0 spiro atoms. The van der Waals surface area contributed by atoms with Crippen LogP contribution >= 0.6 is 0 Å². The molecule has 5 nitrogen and oxygen atoms in total. The molecule has 1 atom stereocenters. The zero-order valence-corrected chi connectivity index (χ0v) is 15.5. The van der Waals surface area contributed by atoms with E-state index in [2.05, 4.69) is 41.2 Å². The van der Waals surface area contributed by atoms with E-state index in [0.29, 0.717) is 12.6 Å². The lowest BCUT2D eigenvalue weighted by Gasteiger charge is -2.35. The second kappa shape index (κ2) is 8.02. The highest BCUT2D eigenvalue weighted by molar-refractivity contribution is 5.34. The Morgan fingerprint density at radius 3 is 2.88 bits per heavy atom. The van der Waals surface area contributed by atoms with Gasteiger partial charge in [-0.3, -0.25) is 4.90 Å². The van der Waals surface area contributed by atoms with Crippen LogP contribution in [0.5, 0.6) is 5.88 Å². The highest BCUT2D eigenvalue weighted by Gasteiger charge is 2.28. The van der Waals surface area contributed by atoms with E-state index in [9.17, 15) is 5.11 Å². The van der Waals surface area contributed by atoms with Gasteiger partial charge in [0.15, 0.2) is 0 Å². The SMILES string of the molecule is CCc1nn(C)c(OC)c1CN(CCO)C1CCCc2ccccc21.